The maximum Gasteiger partial charge on any atom is 0.241 e. The molecule has 0 aromatic heterocycles. The van der Waals surface area contributed by atoms with Crippen LogP contribution in [0.3, 0.4) is 0 Å². The van der Waals surface area contributed by atoms with Crippen LogP contribution in [0.1, 0.15) is 6.42 Å². The first-order valence-corrected chi connectivity index (χ1v) is 8.83. The maximum absolute atomic E-state index is 11.9. The van der Waals surface area contributed by atoms with Crippen molar-refractivity contribution in [2.45, 2.75) is 12.5 Å². The number of hydrogen-bond acceptors (Lipinski definition) is 5. The number of amides is 1. The fourth-order valence-electron chi connectivity index (χ4n) is 1.64. The lowest BCUT2D eigenvalue weighted by Gasteiger charge is -2.14. The Bertz CT molecular complexity index is 486. The van der Waals surface area contributed by atoms with E-state index >= 15 is 0 Å². The molecule has 1 aromatic rings. The molecule has 1 rings (SSSR count). The highest BCUT2D eigenvalue weighted by Gasteiger charge is 2.13. The van der Waals surface area contributed by atoms with Crippen molar-refractivity contribution in [3.8, 4) is 5.75 Å². The molecule has 0 bridgehead atoms. The molecule has 1 aromatic carbocycles. The van der Waals surface area contributed by atoms with E-state index in [0.29, 0.717) is 29.5 Å². The number of nitrogens with two attached hydrogens (primary N) is 1. The highest BCUT2D eigenvalue weighted by molar-refractivity contribution is 7.98. The van der Waals surface area contributed by atoms with E-state index in [-0.39, 0.29) is 5.91 Å². The van der Waals surface area contributed by atoms with Gasteiger partial charge >= 0.3 is 0 Å². The number of rotatable bonds is 9. The minimum atomic E-state index is -0.512. The minimum Gasteiger partial charge on any atom is -0.491 e. The van der Waals surface area contributed by atoms with Crippen LogP contribution in [-0.2, 0) is 4.79 Å². The summed E-state index contributed by atoms with van der Waals surface area (Å²) in [6, 6.07) is 4.67. The summed E-state index contributed by atoms with van der Waals surface area (Å²) in [5, 5.41) is 3.24. The lowest BCUT2D eigenvalue weighted by Crippen LogP contribution is -2.36. The van der Waals surface area contributed by atoms with Gasteiger partial charge in [0.1, 0.15) is 12.4 Å². The SMILES string of the molecule is CSCC[C@H](N)C(=O)Nc1ccc(OCCN(C)C)c(Cl)c1. The van der Waals surface area contributed by atoms with E-state index in [4.69, 9.17) is 22.1 Å². The fraction of sp³-hybridized carbons (Fsp3) is 0.533. The number of halogens is 1. The Kier molecular flexibility index (Phi) is 8.63. The highest BCUT2D eigenvalue weighted by atomic mass is 35.5. The third-order valence-electron chi connectivity index (χ3n) is 2.97. The third kappa shape index (κ3) is 6.87. The Balaban J connectivity index is 2.55. The van der Waals surface area contributed by atoms with Crippen LogP contribution in [0.25, 0.3) is 0 Å². The summed E-state index contributed by atoms with van der Waals surface area (Å²) in [4.78, 5) is 14.0. The quantitative estimate of drug-likeness (QED) is 0.718. The second kappa shape index (κ2) is 9.94. The Hall–Kier alpha value is -0.950. The number of hydrogen-bond donors (Lipinski definition) is 2. The number of carbonyl (C=O) groups is 1. The highest BCUT2D eigenvalue weighted by Crippen LogP contribution is 2.27. The lowest BCUT2D eigenvalue weighted by molar-refractivity contribution is -0.117. The standard InChI is InChI=1S/C15H24ClN3O2S/c1-19(2)7-8-21-14-5-4-11(10-12(14)16)18-15(20)13(17)6-9-22-3/h4-5,10,13H,6-9,17H2,1-3H3,(H,18,20)/t13-/m0/s1. The van der Waals surface area contributed by atoms with Gasteiger partial charge in [0.05, 0.1) is 11.1 Å². The zero-order chi connectivity index (χ0) is 16.5. The molecule has 0 aliphatic carbocycles. The van der Waals surface area contributed by atoms with Crippen molar-refractivity contribution in [3.63, 3.8) is 0 Å². The van der Waals surface area contributed by atoms with Crippen molar-refractivity contribution in [1.29, 1.82) is 0 Å². The summed E-state index contributed by atoms with van der Waals surface area (Å²) in [6.45, 7) is 1.36. The summed E-state index contributed by atoms with van der Waals surface area (Å²) >= 11 is 7.83. The minimum absolute atomic E-state index is 0.202. The van der Waals surface area contributed by atoms with Crippen molar-refractivity contribution in [3.05, 3.63) is 23.2 Å². The zero-order valence-electron chi connectivity index (χ0n) is 13.3. The molecule has 0 fully saturated rings. The predicted octanol–water partition coefficient (Wildman–Crippen LogP) is 2.30. The van der Waals surface area contributed by atoms with Crippen LogP contribution in [-0.4, -0.2) is 56.1 Å². The number of thioether (sulfide) groups is 1. The molecule has 22 heavy (non-hydrogen) atoms. The van der Waals surface area contributed by atoms with Crippen LogP contribution >= 0.6 is 23.4 Å². The van der Waals surface area contributed by atoms with Crippen molar-refractivity contribution in [1.82, 2.24) is 4.90 Å². The molecule has 0 unspecified atom stereocenters. The number of likely N-dealkylation sites (N-methyl/N-ethyl adjacent to an activating group) is 1. The molecule has 0 radical (unpaired) electrons. The number of anilines is 1. The van der Waals surface area contributed by atoms with Crippen molar-refractivity contribution in [2.75, 3.05) is 44.6 Å². The molecular formula is C15H24ClN3O2S. The van der Waals surface area contributed by atoms with Crippen LogP contribution in [0.5, 0.6) is 5.75 Å². The molecule has 0 aliphatic rings. The van der Waals surface area contributed by atoms with E-state index < -0.39 is 6.04 Å². The fourth-order valence-corrected chi connectivity index (χ4v) is 2.37. The van der Waals surface area contributed by atoms with Crippen molar-refractivity contribution >= 4 is 35.0 Å². The van der Waals surface area contributed by atoms with E-state index in [0.717, 1.165) is 12.3 Å². The van der Waals surface area contributed by atoms with Gasteiger partial charge in [-0.3, -0.25) is 4.79 Å². The van der Waals surface area contributed by atoms with Gasteiger partial charge in [-0.25, -0.2) is 0 Å². The topological polar surface area (TPSA) is 67.6 Å². The largest absolute Gasteiger partial charge is 0.491 e. The molecule has 3 N–H and O–H groups in total. The first kappa shape index (κ1) is 19.1. The Morgan fingerprint density at radius 1 is 1.50 bits per heavy atom. The van der Waals surface area contributed by atoms with Gasteiger partial charge in [-0.15, -0.1) is 0 Å². The monoisotopic (exact) mass is 345 g/mol. The van der Waals surface area contributed by atoms with E-state index in [1.54, 1.807) is 30.0 Å². The zero-order valence-corrected chi connectivity index (χ0v) is 14.8. The van der Waals surface area contributed by atoms with Crippen molar-refractivity contribution < 1.29 is 9.53 Å². The summed E-state index contributed by atoms with van der Waals surface area (Å²) in [7, 11) is 3.95. The van der Waals surface area contributed by atoms with Gasteiger partial charge in [0.15, 0.2) is 0 Å². The second-order valence-electron chi connectivity index (χ2n) is 5.17. The van der Waals surface area contributed by atoms with Gasteiger partial charge in [-0.2, -0.15) is 11.8 Å². The molecule has 0 spiro atoms. The van der Waals surface area contributed by atoms with Gasteiger partial charge in [-0.05, 0) is 50.7 Å². The van der Waals surface area contributed by atoms with Gasteiger partial charge in [0.2, 0.25) is 5.91 Å². The maximum atomic E-state index is 11.9. The molecule has 1 amide bonds. The average molecular weight is 346 g/mol. The molecule has 7 heteroatoms. The van der Waals surface area contributed by atoms with Crippen LogP contribution in [0.2, 0.25) is 5.02 Å². The number of ether oxygens (including phenoxy) is 1. The second-order valence-corrected chi connectivity index (χ2v) is 6.57. The van der Waals surface area contributed by atoms with E-state index in [2.05, 4.69) is 5.32 Å². The Labute approximate surface area is 141 Å². The summed E-state index contributed by atoms with van der Waals surface area (Å²) in [5.74, 6) is 1.26. The van der Waals surface area contributed by atoms with E-state index in [1.165, 1.54) is 0 Å². The van der Waals surface area contributed by atoms with Gasteiger partial charge in [-0.1, -0.05) is 11.6 Å². The van der Waals surface area contributed by atoms with Gasteiger partial charge < -0.3 is 20.7 Å². The van der Waals surface area contributed by atoms with Crippen LogP contribution in [0.4, 0.5) is 5.69 Å². The van der Waals surface area contributed by atoms with Gasteiger partial charge in [0, 0.05) is 12.2 Å². The van der Waals surface area contributed by atoms with Crippen LogP contribution < -0.4 is 15.8 Å². The normalized spacial score (nSPS) is 12.3. The van der Waals surface area contributed by atoms with Gasteiger partial charge in [0.25, 0.3) is 0 Å². The molecule has 0 heterocycles. The summed E-state index contributed by atoms with van der Waals surface area (Å²) in [5.41, 5.74) is 6.45. The molecule has 1 atom stereocenters. The summed E-state index contributed by atoms with van der Waals surface area (Å²) in [6.07, 6.45) is 2.63. The number of nitrogens with one attached hydrogen (secondary N) is 1. The van der Waals surface area contributed by atoms with Crippen LogP contribution in [0.15, 0.2) is 18.2 Å². The predicted molar refractivity (Wildman–Crippen MR) is 95.1 cm³/mol. The number of nitrogens with zero attached hydrogens (tertiary/aromatic N) is 1. The molecule has 0 saturated heterocycles. The molecule has 0 aliphatic heterocycles. The van der Waals surface area contributed by atoms with Crippen LogP contribution in [0, 0.1) is 0 Å². The first-order valence-electron chi connectivity index (χ1n) is 7.06. The molecule has 5 nitrogen and oxygen atoms in total. The molecule has 0 saturated carbocycles. The smallest absolute Gasteiger partial charge is 0.241 e. The first-order chi connectivity index (χ1) is 10.4. The Morgan fingerprint density at radius 3 is 2.82 bits per heavy atom. The Morgan fingerprint density at radius 2 is 2.23 bits per heavy atom. The average Bonchev–Trinajstić information content (AvgIpc) is 2.46. The third-order valence-corrected chi connectivity index (χ3v) is 3.90. The van der Waals surface area contributed by atoms with Crippen molar-refractivity contribution in [2.24, 2.45) is 5.73 Å². The summed E-state index contributed by atoms with van der Waals surface area (Å²) < 4.78 is 5.59. The number of carbonyl (C=O) groups excluding carboxylic acids is 1. The van der Waals surface area contributed by atoms with E-state index in [9.17, 15) is 4.79 Å². The molecular weight excluding hydrogens is 322 g/mol. The molecule has 124 valence electrons. The lowest BCUT2D eigenvalue weighted by atomic mass is 10.2. The number of benzene rings is 1. The van der Waals surface area contributed by atoms with E-state index in [1.807, 2.05) is 25.3 Å².